The number of hydrogen-bond donors (Lipinski definition) is 1. The van der Waals surface area contributed by atoms with Crippen molar-refractivity contribution in [1.29, 1.82) is 5.26 Å². The Balaban J connectivity index is 1.97. The molecule has 1 N–H and O–H groups in total. The van der Waals surface area contributed by atoms with Crippen molar-refractivity contribution < 1.29 is 17.9 Å². The maximum atomic E-state index is 12.5. The second-order valence-corrected chi connectivity index (χ2v) is 7.57. The van der Waals surface area contributed by atoms with Gasteiger partial charge in [0.15, 0.2) is 0 Å². The Morgan fingerprint density at radius 2 is 1.92 bits per heavy atom. The molecule has 0 aliphatic carbocycles. The molecular formula is C18H19N3O4S. The summed E-state index contributed by atoms with van der Waals surface area (Å²) in [7, 11) is -0.921. The topological polar surface area (TPSA) is 99.5 Å². The number of ether oxygens (including phenoxy) is 1. The number of benzene rings is 2. The molecule has 1 amide bonds. The molecule has 0 spiro atoms. The third-order valence-electron chi connectivity index (χ3n) is 3.68. The van der Waals surface area contributed by atoms with Crippen LogP contribution in [0.2, 0.25) is 0 Å². The summed E-state index contributed by atoms with van der Waals surface area (Å²) in [4.78, 5) is 12.1. The Morgan fingerprint density at radius 1 is 1.23 bits per heavy atom. The van der Waals surface area contributed by atoms with E-state index in [1.54, 1.807) is 19.2 Å². The molecule has 0 bridgehead atoms. The van der Waals surface area contributed by atoms with E-state index in [1.165, 1.54) is 31.3 Å². The molecule has 0 aliphatic heterocycles. The standard InChI is InChI=1S/C18H19N3O4S/c1-21(26(23,24)17-8-6-14(11-19)7-9-17)13-18(22)20-12-15-4-3-5-16(10-15)25-2/h3-10H,12-13H2,1-2H3,(H,20,22). The Hall–Kier alpha value is -2.89. The number of rotatable bonds is 7. The smallest absolute Gasteiger partial charge is 0.243 e. The van der Waals surface area contributed by atoms with Gasteiger partial charge in [0.1, 0.15) is 5.75 Å². The molecule has 2 rings (SSSR count). The summed E-state index contributed by atoms with van der Waals surface area (Å²) >= 11 is 0. The number of nitrogens with zero attached hydrogens (tertiary/aromatic N) is 2. The molecule has 0 unspecified atom stereocenters. The fourth-order valence-corrected chi connectivity index (χ4v) is 3.33. The van der Waals surface area contributed by atoms with Crippen LogP contribution in [-0.4, -0.2) is 39.3 Å². The van der Waals surface area contributed by atoms with Crippen LogP contribution in [0.25, 0.3) is 0 Å². The van der Waals surface area contributed by atoms with E-state index in [0.717, 1.165) is 9.87 Å². The van der Waals surface area contributed by atoms with Crippen LogP contribution in [-0.2, 0) is 21.4 Å². The van der Waals surface area contributed by atoms with E-state index in [9.17, 15) is 13.2 Å². The fraction of sp³-hybridized carbons (Fsp3) is 0.222. The van der Waals surface area contributed by atoms with Crippen LogP contribution < -0.4 is 10.1 Å². The number of likely N-dealkylation sites (N-methyl/N-ethyl adjacent to an activating group) is 1. The van der Waals surface area contributed by atoms with E-state index in [-0.39, 0.29) is 18.0 Å². The van der Waals surface area contributed by atoms with Crippen LogP contribution in [0.4, 0.5) is 0 Å². The SMILES string of the molecule is COc1cccc(CNC(=O)CN(C)S(=O)(=O)c2ccc(C#N)cc2)c1. The van der Waals surface area contributed by atoms with Gasteiger partial charge in [0.2, 0.25) is 15.9 Å². The van der Waals surface area contributed by atoms with Crippen molar-refractivity contribution in [3.05, 3.63) is 59.7 Å². The molecule has 26 heavy (non-hydrogen) atoms. The van der Waals surface area contributed by atoms with Gasteiger partial charge in [0.25, 0.3) is 0 Å². The maximum absolute atomic E-state index is 12.5. The molecule has 136 valence electrons. The summed E-state index contributed by atoms with van der Waals surface area (Å²) in [6, 6.07) is 14.7. The molecule has 2 aromatic rings. The summed E-state index contributed by atoms with van der Waals surface area (Å²) < 4.78 is 31.0. The number of sulfonamides is 1. The molecule has 0 aliphatic rings. The first-order valence-electron chi connectivity index (χ1n) is 7.73. The number of carbonyl (C=O) groups excluding carboxylic acids is 1. The Morgan fingerprint density at radius 3 is 2.54 bits per heavy atom. The second kappa shape index (κ2) is 8.47. The van der Waals surface area contributed by atoms with Crippen LogP contribution in [0, 0.1) is 11.3 Å². The highest BCUT2D eigenvalue weighted by molar-refractivity contribution is 7.89. The van der Waals surface area contributed by atoms with Gasteiger partial charge in [0.05, 0.1) is 30.2 Å². The van der Waals surface area contributed by atoms with Gasteiger partial charge in [-0.3, -0.25) is 4.79 Å². The van der Waals surface area contributed by atoms with Gasteiger partial charge < -0.3 is 10.1 Å². The first-order chi connectivity index (χ1) is 12.4. The first-order valence-corrected chi connectivity index (χ1v) is 9.17. The minimum Gasteiger partial charge on any atom is -0.497 e. The van der Waals surface area contributed by atoms with Gasteiger partial charge >= 0.3 is 0 Å². The van der Waals surface area contributed by atoms with Gasteiger partial charge in [-0.2, -0.15) is 9.57 Å². The Kier molecular flexibility index (Phi) is 6.33. The van der Waals surface area contributed by atoms with Gasteiger partial charge in [-0.05, 0) is 42.0 Å². The zero-order valence-electron chi connectivity index (χ0n) is 14.5. The molecule has 0 aromatic heterocycles. The molecule has 0 saturated heterocycles. The quantitative estimate of drug-likeness (QED) is 0.793. The number of hydrogen-bond acceptors (Lipinski definition) is 5. The van der Waals surface area contributed by atoms with Crippen molar-refractivity contribution >= 4 is 15.9 Å². The highest BCUT2D eigenvalue weighted by Crippen LogP contribution is 2.15. The molecule has 0 heterocycles. The predicted octanol–water partition coefficient (Wildman–Crippen LogP) is 1.50. The van der Waals surface area contributed by atoms with Crippen molar-refractivity contribution in [2.45, 2.75) is 11.4 Å². The normalized spacial score (nSPS) is 11.0. The van der Waals surface area contributed by atoms with Gasteiger partial charge in [-0.1, -0.05) is 12.1 Å². The lowest BCUT2D eigenvalue weighted by molar-refractivity contribution is -0.121. The number of nitrogens with one attached hydrogen (secondary N) is 1. The molecule has 0 radical (unpaired) electrons. The van der Waals surface area contributed by atoms with E-state index in [4.69, 9.17) is 10.00 Å². The van der Waals surface area contributed by atoms with E-state index < -0.39 is 15.9 Å². The molecular weight excluding hydrogens is 354 g/mol. The zero-order valence-corrected chi connectivity index (χ0v) is 15.3. The number of carbonyl (C=O) groups is 1. The molecule has 0 saturated carbocycles. The highest BCUT2D eigenvalue weighted by atomic mass is 32.2. The van der Waals surface area contributed by atoms with Crippen molar-refractivity contribution in [1.82, 2.24) is 9.62 Å². The summed E-state index contributed by atoms with van der Waals surface area (Å²) in [5.74, 6) is 0.254. The molecule has 2 aromatic carbocycles. The van der Waals surface area contributed by atoms with Gasteiger partial charge in [-0.15, -0.1) is 0 Å². The molecule has 7 nitrogen and oxygen atoms in total. The lowest BCUT2D eigenvalue weighted by atomic mass is 10.2. The molecule has 0 fully saturated rings. The number of amides is 1. The minimum absolute atomic E-state index is 0.0274. The highest BCUT2D eigenvalue weighted by Gasteiger charge is 2.22. The summed E-state index contributed by atoms with van der Waals surface area (Å²) in [5, 5.41) is 11.5. The lowest BCUT2D eigenvalue weighted by Gasteiger charge is -2.17. The average Bonchev–Trinajstić information content (AvgIpc) is 2.66. The van der Waals surface area contributed by atoms with Crippen LogP contribution in [0.1, 0.15) is 11.1 Å². The molecule has 8 heteroatoms. The third-order valence-corrected chi connectivity index (χ3v) is 5.50. The number of nitriles is 1. The summed E-state index contributed by atoms with van der Waals surface area (Å²) in [6.45, 7) is -0.0485. The van der Waals surface area contributed by atoms with Crippen LogP contribution >= 0.6 is 0 Å². The van der Waals surface area contributed by atoms with E-state index >= 15 is 0 Å². The van der Waals surface area contributed by atoms with Crippen molar-refractivity contribution in [2.75, 3.05) is 20.7 Å². The van der Waals surface area contributed by atoms with Crippen LogP contribution in [0.3, 0.4) is 0 Å². The van der Waals surface area contributed by atoms with Crippen molar-refractivity contribution in [3.63, 3.8) is 0 Å². The second-order valence-electron chi connectivity index (χ2n) is 5.53. The average molecular weight is 373 g/mol. The van der Waals surface area contributed by atoms with Crippen molar-refractivity contribution in [3.8, 4) is 11.8 Å². The third kappa shape index (κ3) is 4.81. The van der Waals surface area contributed by atoms with Crippen LogP contribution in [0.5, 0.6) is 5.75 Å². The van der Waals surface area contributed by atoms with Gasteiger partial charge in [-0.25, -0.2) is 8.42 Å². The van der Waals surface area contributed by atoms with E-state index in [2.05, 4.69) is 5.32 Å². The lowest BCUT2D eigenvalue weighted by Crippen LogP contribution is -2.38. The largest absolute Gasteiger partial charge is 0.497 e. The predicted molar refractivity (Wildman–Crippen MR) is 95.8 cm³/mol. The van der Waals surface area contributed by atoms with Crippen molar-refractivity contribution in [2.24, 2.45) is 0 Å². The van der Waals surface area contributed by atoms with E-state index in [1.807, 2.05) is 18.2 Å². The monoisotopic (exact) mass is 373 g/mol. The summed E-state index contributed by atoms with van der Waals surface area (Å²) in [6.07, 6.45) is 0. The van der Waals surface area contributed by atoms with E-state index in [0.29, 0.717) is 11.3 Å². The number of methoxy groups -OCH3 is 1. The van der Waals surface area contributed by atoms with Gasteiger partial charge in [0, 0.05) is 13.6 Å². The molecule has 0 atom stereocenters. The maximum Gasteiger partial charge on any atom is 0.243 e. The minimum atomic E-state index is -3.81. The zero-order chi connectivity index (χ0) is 19.2. The Bertz CT molecular complexity index is 918. The Labute approximate surface area is 152 Å². The summed E-state index contributed by atoms with van der Waals surface area (Å²) in [5.41, 5.74) is 1.21. The van der Waals surface area contributed by atoms with Crippen LogP contribution in [0.15, 0.2) is 53.4 Å². The first kappa shape index (κ1) is 19.4. The fourth-order valence-electron chi connectivity index (χ4n) is 2.21.